The van der Waals surface area contributed by atoms with Crippen LogP contribution < -0.4 is 0 Å². The quantitative estimate of drug-likeness (QED) is 0.474. The topological polar surface area (TPSA) is 30.7 Å². The van der Waals surface area contributed by atoms with Crippen LogP contribution in [0.2, 0.25) is 0 Å². The van der Waals surface area contributed by atoms with E-state index in [4.69, 9.17) is 4.98 Å². The zero-order valence-electron chi connectivity index (χ0n) is 15.1. The lowest BCUT2D eigenvalue weighted by Gasteiger charge is -2.07. The van der Waals surface area contributed by atoms with Gasteiger partial charge in [0.15, 0.2) is 0 Å². The van der Waals surface area contributed by atoms with Crippen LogP contribution in [0.25, 0.3) is 21.5 Å². The van der Waals surface area contributed by atoms with Gasteiger partial charge in [-0.05, 0) is 25.0 Å². The van der Waals surface area contributed by atoms with Gasteiger partial charge in [0.1, 0.15) is 0 Å². The molecule has 0 spiro atoms. The van der Waals surface area contributed by atoms with Crippen molar-refractivity contribution in [2.75, 3.05) is 0 Å². The van der Waals surface area contributed by atoms with Gasteiger partial charge in [0.05, 0.1) is 38.9 Å². The molecule has 3 heterocycles. The molecule has 0 aliphatic rings. The van der Waals surface area contributed by atoms with E-state index in [0.29, 0.717) is 0 Å². The summed E-state index contributed by atoms with van der Waals surface area (Å²) in [7, 11) is 1.93. The van der Waals surface area contributed by atoms with Crippen molar-refractivity contribution in [2.45, 2.75) is 20.3 Å². The van der Waals surface area contributed by atoms with E-state index in [-0.39, 0.29) is 0 Å². The lowest BCUT2D eigenvalue weighted by molar-refractivity contribution is 0.740. The van der Waals surface area contributed by atoms with Gasteiger partial charge in [0.25, 0.3) is 0 Å². The molecular formula is C22H19N3S. The average molecular weight is 357 g/mol. The molecule has 0 fully saturated rings. The Morgan fingerprint density at radius 2 is 1.88 bits per heavy atom. The molecule has 4 aromatic rings. The zero-order chi connectivity index (χ0) is 18.1. The molecule has 3 aromatic heterocycles. The summed E-state index contributed by atoms with van der Waals surface area (Å²) in [5, 5.41) is 6.36. The maximum absolute atomic E-state index is 5.00. The van der Waals surface area contributed by atoms with Gasteiger partial charge in [-0.25, -0.2) is 4.98 Å². The van der Waals surface area contributed by atoms with Gasteiger partial charge in [-0.1, -0.05) is 49.1 Å². The van der Waals surface area contributed by atoms with Gasteiger partial charge < -0.3 is 0 Å². The first-order valence-electron chi connectivity index (χ1n) is 8.64. The number of aromatic nitrogens is 3. The molecule has 3 nitrogen and oxygen atoms in total. The van der Waals surface area contributed by atoms with E-state index in [1.165, 1.54) is 10.3 Å². The summed E-state index contributed by atoms with van der Waals surface area (Å²) in [4.78, 5) is 5.00. The summed E-state index contributed by atoms with van der Waals surface area (Å²) in [5.41, 5.74) is 7.48. The molecule has 1 aromatic carbocycles. The molecule has 0 saturated carbocycles. The van der Waals surface area contributed by atoms with E-state index < -0.39 is 0 Å². The molecule has 0 atom stereocenters. The van der Waals surface area contributed by atoms with Crippen molar-refractivity contribution in [2.24, 2.45) is 7.05 Å². The van der Waals surface area contributed by atoms with E-state index >= 15 is 0 Å². The number of thiophene rings is 1. The van der Waals surface area contributed by atoms with Gasteiger partial charge in [0.2, 0.25) is 0 Å². The van der Waals surface area contributed by atoms with Crippen molar-refractivity contribution in [1.82, 2.24) is 14.8 Å². The standard InChI is InChI=1S/C22H19N3S/c1-4-16-12-20-22(24-21(16)17-8-6-5-7-9-17)19(14-26-20)11-10-18-13-23-25(3)15(18)2/h5-9,12-14H,4H2,1-3H3. The third kappa shape index (κ3) is 2.91. The first-order valence-corrected chi connectivity index (χ1v) is 9.52. The minimum Gasteiger partial charge on any atom is -0.272 e. The highest BCUT2D eigenvalue weighted by atomic mass is 32.1. The molecular weight excluding hydrogens is 338 g/mol. The molecule has 0 N–H and O–H groups in total. The highest BCUT2D eigenvalue weighted by molar-refractivity contribution is 7.17. The largest absolute Gasteiger partial charge is 0.272 e. The van der Waals surface area contributed by atoms with E-state index in [1.54, 1.807) is 11.3 Å². The lowest BCUT2D eigenvalue weighted by Crippen LogP contribution is -1.93. The Labute approximate surface area is 157 Å². The van der Waals surface area contributed by atoms with Crippen LogP contribution in [0.1, 0.15) is 29.3 Å². The van der Waals surface area contributed by atoms with Crippen LogP contribution in [-0.4, -0.2) is 14.8 Å². The second-order valence-electron chi connectivity index (χ2n) is 6.23. The molecule has 0 aliphatic heterocycles. The average Bonchev–Trinajstić information content (AvgIpc) is 3.22. The van der Waals surface area contributed by atoms with Gasteiger partial charge in [0, 0.05) is 18.0 Å². The molecule has 26 heavy (non-hydrogen) atoms. The summed E-state index contributed by atoms with van der Waals surface area (Å²) in [6.07, 6.45) is 2.77. The smallest absolute Gasteiger partial charge is 0.0974 e. The number of aryl methyl sites for hydroxylation is 2. The predicted octanol–water partition coefficient (Wildman–Crippen LogP) is 4.97. The Kier molecular flexibility index (Phi) is 4.32. The zero-order valence-corrected chi connectivity index (χ0v) is 15.9. The summed E-state index contributed by atoms with van der Waals surface area (Å²) >= 11 is 1.71. The lowest BCUT2D eigenvalue weighted by atomic mass is 10.0. The fourth-order valence-electron chi connectivity index (χ4n) is 2.95. The second-order valence-corrected chi connectivity index (χ2v) is 7.14. The van der Waals surface area contributed by atoms with Crippen LogP contribution in [-0.2, 0) is 13.5 Å². The van der Waals surface area contributed by atoms with E-state index in [1.807, 2.05) is 30.9 Å². The molecule has 4 heteroatoms. The number of pyridine rings is 1. The van der Waals surface area contributed by atoms with Gasteiger partial charge in [-0.15, -0.1) is 11.3 Å². The van der Waals surface area contributed by atoms with Crippen molar-refractivity contribution in [1.29, 1.82) is 0 Å². The molecule has 0 radical (unpaired) electrons. The van der Waals surface area contributed by atoms with Gasteiger partial charge in [-0.3, -0.25) is 4.68 Å². The number of hydrogen-bond donors (Lipinski definition) is 0. The van der Waals surface area contributed by atoms with E-state index in [0.717, 1.165) is 40.0 Å². The molecule has 128 valence electrons. The third-order valence-electron chi connectivity index (χ3n) is 4.62. The Morgan fingerprint density at radius 3 is 2.58 bits per heavy atom. The van der Waals surface area contributed by atoms with Crippen LogP contribution in [0.3, 0.4) is 0 Å². The van der Waals surface area contributed by atoms with Crippen molar-refractivity contribution < 1.29 is 0 Å². The molecule has 0 saturated heterocycles. The first kappa shape index (κ1) is 16.6. The fourth-order valence-corrected chi connectivity index (χ4v) is 3.85. The molecule has 0 amide bonds. The van der Waals surface area contributed by atoms with Gasteiger partial charge >= 0.3 is 0 Å². The Balaban J connectivity index is 1.84. The summed E-state index contributed by atoms with van der Waals surface area (Å²) in [6, 6.07) is 12.6. The van der Waals surface area contributed by atoms with Crippen LogP contribution in [0, 0.1) is 18.8 Å². The number of rotatable bonds is 2. The minimum absolute atomic E-state index is 0.959. The highest BCUT2D eigenvalue weighted by Gasteiger charge is 2.11. The Hall–Kier alpha value is -2.90. The van der Waals surface area contributed by atoms with E-state index in [9.17, 15) is 0 Å². The van der Waals surface area contributed by atoms with Crippen molar-refractivity contribution in [3.8, 4) is 23.1 Å². The first-order chi connectivity index (χ1) is 12.7. The number of fused-ring (bicyclic) bond motifs is 1. The Morgan fingerprint density at radius 1 is 1.12 bits per heavy atom. The molecule has 0 unspecified atom stereocenters. The second kappa shape index (κ2) is 6.78. The van der Waals surface area contributed by atoms with Crippen molar-refractivity contribution in [3.63, 3.8) is 0 Å². The van der Waals surface area contributed by atoms with Crippen LogP contribution in [0.4, 0.5) is 0 Å². The predicted molar refractivity (Wildman–Crippen MR) is 108 cm³/mol. The number of hydrogen-bond acceptors (Lipinski definition) is 3. The minimum atomic E-state index is 0.959. The maximum atomic E-state index is 5.00. The van der Waals surface area contributed by atoms with Crippen molar-refractivity contribution in [3.05, 3.63) is 70.4 Å². The Bertz CT molecular complexity index is 1140. The van der Waals surface area contributed by atoms with Gasteiger partial charge in [-0.2, -0.15) is 5.10 Å². The van der Waals surface area contributed by atoms with Crippen LogP contribution in [0.15, 0.2) is 48.0 Å². The molecule has 4 rings (SSSR count). The normalized spacial score (nSPS) is 10.7. The fraction of sp³-hybridized carbons (Fsp3) is 0.182. The SMILES string of the molecule is CCc1cc2scc(C#Cc3cnn(C)c3C)c2nc1-c1ccccc1. The maximum Gasteiger partial charge on any atom is 0.0974 e. The molecule has 0 aliphatic carbocycles. The third-order valence-corrected chi connectivity index (χ3v) is 5.54. The number of nitrogens with zero attached hydrogens (tertiary/aromatic N) is 3. The van der Waals surface area contributed by atoms with Crippen LogP contribution >= 0.6 is 11.3 Å². The van der Waals surface area contributed by atoms with Crippen LogP contribution in [0.5, 0.6) is 0 Å². The summed E-state index contributed by atoms with van der Waals surface area (Å²) in [6.45, 7) is 4.21. The monoisotopic (exact) mass is 357 g/mol. The summed E-state index contributed by atoms with van der Waals surface area (Å²) < 4.78 is 3.03. The highest BCUT2D eigenvalue weighted by Crippen LogP contribution is 2.31. The van der Waals surface area contributed by atoms with E-state index in [2.05, 4.69) is 59.6 Å². The number of benzene rings is 1. The van der Waals surface area contributed by atoms with Crippen molar-refractivity contribution >= 4 is 21.6 Å². The summed E-state index contributed by atoms with van der Waals surface area (Å²) in [5.74, 6) is 6.55. The molecule has 0 bridgehead atoms.